The van der Waals surface area contributed by atoms with Crippen molar-refractivity contribution in [2.45, 2.75) is 12.5 Å². The number of carbonyl (C=O) groups excluding carboxylic acids is 1. The number of nitrogens with zero attached hydrogens (tertiary/aromatic N) is 1. The first kappa shape index (κ1) is 17.6. The van der Waals surface area contributed by atoms with Gasteiger partial charge >= 0.3 is 18.5 Å². The van der Waals surface area contributed by atoms with E-state index in [1.54, 1.807) is 0 Å². The van der Waals surface area contributed by atoms with Gasteiger partial charge in [0.15, 0.2) is 0 Å². The van der Waals surface area contributed by atoms with E-state index in [-0.39, 0.29) is 0 Å². The zero-order valence-electron chi connectivity index (χ0n) is 11.8. The summed E-state index contributed by atoms with van der Waals surface area (Å²) in [6.07, 6.45) is -9.73. The molecule has 2 aromatic carbocycles. The number of rotatable bonds is 2. The average Bonchev–Trinajstić information content (AvgIpc) is 2.46. The van der Waals surface area contributed by atoms with Gasteiger partial charge in [-0.15, -0.1) is 13.2 Å². The van der Waals surface area contributed by atoms with Crippen molar-refractivity contribution in [2.75, 3.05) is 10.2 Å². The van der Waals surface area contributed by atoms with E-state index in [4.69, 9.17) is 0 Å². The van der Waals surface area contributed by atoms with Crippen LogP contribution in [-0.2, 0) is 6.18 Å². The van der Waals surface area contributed by atoms with Gasteiger partial charge in [0.05, 0.1) is 11.3 Å². The standard InChI is InChI=1S/C15H10F6N2O/c16-14(17,18)10-5-4-6-11(9-10)22-13(24)23(15(19,20)21)12-7-2-1-3-8-12/h1-9H,(H,22,24). The number of halogens is 6. The van der Waals surface area contributed by atoms with Gasteiger partial charge in [-0.25, -0.2) is 9.69 Å². The molecule has 0 bridgehead atoms. The van der Waals surface area contributed by atoms with Crippen molar-refractivity contribution in [3.8, 4) is 0 Å². The molecule has 1 N–H and O–H groups in total. The fourth-order valence-corrected chi connectivity index (χ4v) is 1.91. The van der Waals surface area contributed by atoms with Crippen molar-refractivity contribution in [3.63, 3.8) is 0 Å². The van der Waals surface area contributed by atoms with Gasteiger partial charge < -0.3 is 5.32 Å². The second-order valence-electron chi connectivity index (χ2n) is 4.65. The van der Waals surface area contributed by atoms with Crippen molar-refractivity contribution in [3.05, 3.63) is 60.2 Å². The fourth-order valence-electron chi connectivity index (χ4n) is 1.91. The van der Waals surface area contributed by atoms with Crippen molar-refractivity contribution in [1.29, 1.82) is 0 Å². The summed E-state index contributed by atoms with van der Waals surface area (Å²) in [6.45, 7) is 0. The number of carbonyl (C=O) groups is 1. The molecule has 24 heavy (non-hydrogen) atoms. The Bertz CT molecular complexity index is 712. The number of amides is 2. The average molecular weight is 348 g/mol. The van der Waals surface area contributed by atoms with E-state index >= 15 is 0 Å². The Kier molecular flexibility index (Phi) is 4.72. The van der Waals surface area contributed by atoms with Crippen molar-refractivity contribution in [2.24, 2.45) is 0 Å². The van der Waals surface area contributed by atoms with Crippen LogP contribution in [0.25, 0.3) is 0 Å². The normalized spacial score (nSPS) is 11.9. The number of nitrogens with one attached hydrogen (secondary N) is 1. The van der Waals surface area contributed by atoms with Crippen LogP contribution < -0.4 is 10.2 Å². The number of urea groups is 1. The summed E-state index contributed by atoms with van der Waals surface area (Å²) in [6, 6.07) is 7.89. The highest BCUT2D eigenvalue weighted by Gasteiger charge is 2.42. The van der Waals surface area contributed by atoms with E-state index in [0.717, 1.165) is 30.3 Å². The first-order chi connectivity index (χ1) is 11.1. The van der Waals surface area contributed by atoms with Crippen molar-refractivity contribution < 1.29 is 31.1 Å². The highest BCUT2D eigenvalue weighted by atomic mass is 19.4. The number of hydrogen-bond donors (Lipinski definition) is 1. The maximum absolute atomic E-state index is 13.1. The molecule has 0 heterocycles. The highest BCUT2D eigenvalue weighted by molar-refractivity contribution is 6.02. The number of anilines is 2. The molecule has 0 fully saturated rings. The van der Waals surface area contributed by atoms with Crippen molar-refractivity contribution in [1.82, 2.24) is 0 Å². The van der Waals surface area contributed by atoms with Gasteiger partial charge in [0.2, 0.25) is 0 Å². The van der Waals surface area contributed by atoms with Gasteiger partial charge in [-0.3, -0.25) is 0 Å². The molecule has 0 saturated heterocycles. The lowest BCUT2D eigenvalue weighted by molar-refractivity contribution is -0.137. The molecule has 0 spiro atoms. The minimum atomic E-state index is -5.05. The lowest BCUT2D eigenvalue weighted by Crippen LogP contribution is -2.45. The SMILES string of the molecule is O=C(Nc1cccc(C(F)(F)F)c1)N(c1ccccc1)C(F)(F)F. The molecule has 2 amide bonds. The van der Waals surface area contributed by atoms with Gasteiger partial charge in [0, 0.05) is 5.69 Å². The molecule has 2 rings (SSSR count). The second kappa shape index (κ2) is 6.42. The fraction of sp³-hybridized carbons (Fsp3) is 0.133. The molecule has 0 aliphatic rings. The maximum atomic E-state index is 13.1. The Morgan fingerprint density at radius 1 is 0.875 bits per heavy atom. The summed E-state index contributed by atoms with van der Waals surface area (Å²) in [7, 11) is 0. The van der Waals surface area contributed by atoms with Crippen LogP contribution >= 0.6 is 0 Å². The first-order valence-corrected chi connectivity index (χ1v) is 6.49. The zero-order chi connectivity index (χ0) is 18.0. The van der Waals surface area contributed by atoms with E-state index in [1.807, 2.05) is 5.32 Å². The molecule has 0 saturated carbocycles. The number of alkyl halides is 6. The van der Waals surface area contributed by atoms with Gasteiger partial charge in [0.1, 0.15) is 0 Å². The van der Waals surface area contributed by atoms with Crippen LogP contribution in [0.2, 0.25) is 0 Å². The topological polar surface area (TPSA) is 32.3 Å². The van der Waals surface area contributed by atoms with Gasteiger partial charge in [-0.2, -0.15) is 13.2 Å². The lowest BCUT2D eigenvalue weighted by Gasteiger charge is -2.25. The predicted octanol–water partition coefficient (Wildman–Crippen LogP) is 5.26. The van der Waals surface area contributed by atoms with Crippen molar-refractivity contribution >= 4 is 17.4 Å². The Morgan fingerprint density at radius 3 is 2.04 bits per heavy atom. The summed E-state index contributed by atoms with van der Waals surface area (Å²) in [4.78, 5) is 11.4. The number of benzene rings is 2. The smallest absolute Gasteiger partial charge is 0.307 e. The molecule has 0 unspecified atom stereocenters. The molecule has 9 heteroatoms. The third-order valence-corrected chi connectivity index (χ3v) is 2.91. The minimum Gasteiger partial charge on any atom is -0.307 e. The third kappa shape index (κ3) is 4.18. The number of para-hydroxylation sites is 1. The Morgan fingerprint density at radius 2 is 1.50 bits per heavy atom. The molecule has 0 radical (unpaired) electrons. The molecular formula is C15H10F6N2O. The molecular weight excluding hydrogens is 338 g/mol. The molecule has 0 aromatic heterocycles. The summed E-state index contributed by atoms with van der Waals surface area (Å²) in [5.74, 6) is 0. The molecule has 2 aromatic rings. The summed E-state index contributed by atoms with van der Waals surface area (Å²) >= 11 is 0. The maximum Gasteiger partial charge on any atom is 0.493 e. The minimum absolute atomic E-state index is 0.403. The van der Waals surface area contributed by atoms with Gasteiger partial charge in [-0.05, 0) is 30.3 Å². The van der Waals surface area contributed by atoms with Crippen LogP contribution in [0.3, 0.4) is 0 Å². The van der Waals surface area contributed by atoms with E-state index in [2.05, 4.69) is 0 Å². The van der Waals surface area contributed by atoms with Crippen LogP contribution in [0.15, 0.2) is 54.6 Å². The zero-order valence-corrected chi connectivity index (χ0v) is 11.8. The molecule has 0 atom stereocenters. The van der Waals surface area contributed by atoms with E-state index in [0.29, 0.717) is 6.07 Å². The Labute approximate surface area is 132 Å². The molecule has 128 valence electrons. The third-order valence-electron chi connectivity index (χ3n) is 2.91. The van der Waals surface area contributed by atoms with E-state index < -0.39 is 40.3 Å². The van der Waals surface area contributed by atoms with Gasteiger partial charge in [0.25, 0.3) is 0 Å². The van der Waals surface area contributed by atoms with Crippen LogP contribution in [0, 0.1) is 0 Å². The first-order valence-electron chi connectivity index (χ1n) is 6.49. The summed E-state index contributed by atoms with van der Waals surface area (Å²) < 4.78 is 77.2. The van der Waals surface area contributed by atoms with Crippen LogP contribution in [0.5, 0.6) is 0 Å². The summed E-state index contributed by atoms with van der Waals surface area (Å²) in [5, 5.41) is 1.83. The Balaban J connectivity index is 2.29. The predicted molar refractivity (Wildman–Crippen MR) is 75.4 cm³/mol. The molecule has 0 aliphatic carbocycles. The van der Waals surface area contributed by atoms with E-state index in [9.17, 15) is 31.1 Å². The second-order valence-corrected chi connectivity index (χ2v) is 4.65. The molecule has 0 aliphatic heterocycles. The Hall–Kier alpha value is -2.71. The van der Waals surface area contributed by atoms with E-state index in [1.165, 1.54) is 18.2 Å². The largest absolute Gasteiger partial charge is 0.493 e. The molecule has 3 nitrogen and oxygen atoms in total. The lowest BCUT2D eigenvalue weighted by atomic mass is 10.2. The highest BCUT2D eigenvalue weighted by Crippen LogP contribution is 2.32. The van der Waals surface area contributed by atoms with Gasteiger partial charge in [-0.1, -0.05) is 24.3 Å². The monoisotopic (exact) mass is 348 g/mol. The number of hydrogen-bond acceptors (Lipinski definition) is 1. The van der Waals surface area contributed by atoms with Crippen LogP contribution in [-0.4, -0.2) is 12.3 Å². The van der Waals surface area contributed by atoms with Crippen LogP contribution in [0.4, 0.5) is 42.5 Å². The summed E-state index contributed by atoms with van der Waals surface area (Å²) in [5.41, 5.74) is -1.95. The quantitative estimate of drug-likeness (QED) is 0.582. The van der Waals surface area contributed by atoms with Crippen LogP contribution in [0.1, 0.15) is 5.56 Å².